The molecule has 3 unspecified atom stereocenters. The van der Waals surface area contributed by atoms with Crippen LogP contribution in [0.3, 0.4) is 0 Å². The number of hydrogen-bond acceptors (Lipinski definition) is 3. The molecule has 0 amide bonds. The summed E-state index contributed by atoms with van der Waals surface area (Å²) in [4.78, 5) is 9.64. The van der Waals surface area contributed by atoms with Gasteiger partial charge in [-0.15, -0.1) is 0 Å². The highest BCUT2D eigenvalue weighted by Gasteiger charge is 2.22. The van der Waals surface area contributed by atoms with Crippen LogP contribution in [0, 0.1) is 11.8 Å². The largest absolute Gasteiger partial charge is 0.472 e. The molecule has 122 valence electrons. The van der Waals surface area contributed by atoms with Crippen molar-refractivity contribution in [3.8, 4) is 0 Å². The summed E-state index contributed by atoms with van der Waals surface area (Å²) < 4.78 is 21.9. The van der Waals surface area contributed by atoms with Gasteiger partial charge in [0, 0.05) is 0 Å². The molecule has 0 aromatic heterocycles. The summed E-state index contributed by atoms with van der Waals surface area (Å²) in [6, 6.07) is 0. The van der Waals surface area contributed by atoms with Crippen LogP contribution in [0.25, 0.3) is 0 Å². The van der Waals surface area contributed by atoms with Gasteiger partial charge in [-0.1, -0.05) is 59.8 Å². The molecule has 0 fully saturated rings. The minimum atomic E-state index is -3.87. The van der Waals surface area contributed by atoms with E-state index in [0.29, 0.717) is 25.0 Å². The van der Waals surface area contributed by atoms with Crippen molar-refractivity contribution in [3.05, 3.63) is 0 Å². The first kappa shape index (κ1) is 20.1. The third-order valence-electron chi connectivity index (χ3n) is 3.66. The quantitative estimate of drug-likeness (QED) is 0.477. The normalized spacial score (nSPS) is 17.6. The highest BCUT2D eigenvalue weighted by Crippen LogP contribution is 2.44. The summed E-state index contributed by atoms with van der Waals surface area (Å²) in [5.41, 5.74) is 0. The van der Waals surface area contributed by atoms with E-state index in [9.17, 15) is 9.46 Å². The average molecular weight is 308 g/mol. The molecular formula is C15H33O4P. The van der Waals surface area contributed by atoms with Gasteiger partial charge in [0.2, 0.25) is 0 Å². The van der Waals surface area contributed by atoms with Gasteiger partial charge in [-0.3, -0.25) is 9.05 Å². The lowest BCUT2D eigenvalue weighted by Crippen LogP contribution is -2.09. The molecule has 0 aliphatic rings. The third-order valence-corrected chi connectivity index (χ3v) is 4.65. The van der Waals surface area contributed by atoms with Crippen LogP contribution in [0.2, 0.25) is 0 Å². The maximum atomic E-state index is 11.8. The molecule has 20 heavy (non-hydrogen) atoms. The average Bonchev–Trinajstić information content (AvgIpc) is 2.39. The molecule has 1 N–H and O–H groups in total. The Hall–Kier alpha value is 0.110. The van der Waals surface area contributed by atoms with Gasteiger partial charge in [0.05, 0.1) is 13.2 Å². The highest BCUT2D eigenvalue weighted by molar-refractivity contribution is 7.47. The van der Waals surface area contributed by atoms with Crippen LogP contribution in [0.5, 0.6) is 0 Å². The lowest BCUT2D eigenvalue weighted by Gasteiger charge is -2.18. The standard InChI is InChI=1S/C15H33O4P/c1-5-8-10-15(7-3)13-19-20(16,17)18-12-11-14(4)9-6-2/h14-15H,5-13H2,1-4H3,(H,16,17). The van der Waals surface area contributed by atoms with Gasteiger partial charge in [0.1, 0.15) is 0 Å². The van der Waals surface area contributed by atoms with E-state index < -0.39 is 7.82 Å². The highest BCUT2D eigenvalue weighted by atomic mass is 31.2. The zero-order valence-electron chi connectivity index (χ0n) is 13.6. The van der Waals surface area contributed by atoms with Crippen LogP contribution < -0.4 is 0 Å². The van der Waals surface area contributed by atoms with Gasteiger partial charge in [0.25, 0.3) is 0 Å². The topological polar surface area (TPSA) is 55.8 Å². The van der Waals surface area contributed by atoms with Gasteiger partial charge in [-0.2, -0.15) is 0 Å². The van der Waals surface area contributed by atoms with Crippen molar-refractivity contribution in [2.45, 2.75) is 72.6 Å². The zero-order chi connectivity index (χ0) is 15.4. The van der Waals surface area contributed by atoms with Crippen molar-refractivity contribution in [1.82, 2.24) is 0 Å². The van der Waals surface area contributed by atoms with E-state index in [1.807, 2.05) is 0 Å². The molecule has 0 spiro atoms. The molecule has 0 aliphatic carbocycles. The van der Waals surface area contributed by atoms with Crippen LogP contribution in [-0.2, 0) is 13.6 Å². The van der Waals surface area contributed by atoms with E-state index in [1.165, 1.54) is 0 Å². The summed E-state index contributed by atoms with van der Waals surface area (Å²) in [5, 5.41) is 0. The molecule has 0 saturated heterocycles. The molecule has 0 aromatic rings. The Bertz CT molecular complexity index is 271. The van der Waals surface area contributed by atoms with Crippen LogP contribution >= 0.6 is 7.82 Å². The van der Waals surface area contributed by atoms with Crippen LogP contribution in [0.1, 0.15) is 72.6 Å². The van der Waals surface area contributed by atoms with Crippen LogP contribution in [0.4, 0.5) is 0 Å². The van der Waals surface area contributed by atoms with Crippen molar-refractivity contribution in [3.63, 3.8) is 0 Å². The monoisotopic (exact) mass is 308 g/mol. The Labute approximate surface area is 124 Å². The molecule has 3 atom stereocenters. The Kier molecular flexibility index (Phi) is 11.8. The van der Waals surface area contributed by atoms with Crippen molar-refractivity contribution >= 4 is 7.82 Å². The first-order chi connectivity index (χ1) is 9.45. The smallest absolute Gasteiger partial charge is 0.302 e. The van der Waals surface area contributed by atoms with Crippen molar-refractivity contribution in [2.24, 2.45) is 11.8 Å². The van der Waals surface area contributed by atoms with Gasteiger partial charge in [0.15, 0.2) is 0 Å². The molecule has 0 radical (unpaired) electrons. The SMILES string of the molecule is CCCCC(CC)COP(=O)(O)OCCC(C)CCC. The molecule has 0 heterocycles. The van der Waals surface area contributed by atoms with E-state index in [1.54, 1.807) is 0 Å². The number of phosphoric ester groups is 1. The summed E-state index contributed by atoms with van der Waals surface area (Å²) >= 11 is 0. The van der Waals surface area contributed by atoms with E-state index in [4.69, 9.17) is 9.05 Å². The second-order valence-electron chi connectivity index (χ2n) is 5.70. The number of unbranched alkanes of at least 4 members (excludes halogenated alkanes) is 1. The summed E-state index contributed by atoms with van der Waals surface area (Å²) in [6.07, 6.45) is 7.33. The molecule has 0 rings (SSSR count). The van der Waals surface area contributed by atoms with Crippen molar-refractivity contribution < 1.29 is 18.5 Å². The first-order valence-electron chi connectivity index (χ1n) is 8.06. The Morgan fingerprint density at radius 2 is 1.75 bits per heavy atom. The Balaban J connectivity index is 3.90. The lowest BCUT2D eigenvalue weighted by molar-refractivity contribution is 0.122. The fourth-order valence-corrected chi connectivity index (χ4v) is 2.95. The van der Waals surface area contributed by atoms with Crippen molar-refractivity contribution in [1.29, 1.82) is 0 Å². The van der Waals surface area contributed by atoms with E-state index in [-0.39, 0.29) is 0 Å². The number of rotatable bonds is 13. The molecule has 0 aliphatic heterocycles. The van der Waals surface area contributed by atoms with Crippen LogP contribution in [-0.4, -0.2) is 18.1 Å². The van der Waals surface area contributed by atoms with Gasteiger partial charge >= 0.3 is 7.82 Å². The second-order valence-corrected chi connectivity index (χ2v) is 7.15. The van der Waals surface area contributed by atoms with E-state index >= 15 is 0 Å². The number of phosphoric acid groups is 1. The fraction of sp³-hybridized carbons (Fsp3) is 1.00. The Morgan fingerprint density at radius 3 is 2.30 bits per heavy atom. The minimum absolute atomic E-state index is 0.292. The third kappa shape index (κ3) is 10.8. The van der Waals surface area contributed by atoms with Gasteiger partial charge in [-0.25, -0.2) is 4.57 Å². The molecule has 4 nitrogen and oxygen atoms in total. The summed E-state index contributed by atoms with van der Waals surface area (Å²) in [5.74, 6) is 0.867. The van der Waals surface area contributed by atoms with E-state index in [0.717, 1.165) is 44.9 Å². The van der Waals surface area contributed by atoms with E-state index in [2.05, 4.69) is 27.7 Å². The van der Waals surface area contributed by atoms with Crippen molar-refractivity contribution in [2.75, 3.05) is 13.2 Å². The maximum Gasteiger partial charge on any atom is 0.472 e. The first-order valence-corrected chi connectivity index (χ1v) is 9.56. The minimum Gasteiger partial charge on any atom is -0.302 e. The second kappa shape index (κ2) is 11.7. The fourth-order valence-electron chi connectivity index (χ4n) is 2.14. The Morgan fingerprint density at radius 1 is 1.05 bits per heavy atom. The maximum absolute atomic E-state index is 11.8. The molecule has 0 saturated carbocycles. The molecule has 0 aromatic carbocycles. The molecule has 5 heteroatoms. The zero-order valence-corrected chi connectivity index (χ0v) is 14.5. The predicted molar refractivity (Wildman–Crippen MR) is 83.7 cm³/mol. The summed E-state index contributed by atoms with van der Waals surface area (Å²) in [6.45, 7) is 9.10. The van der Waals surface area contributed by atoms with Crippen LogP contribution in [0.15, 0.2) is 0 Å². The number of hydrogen-bond donors (Lipinski definition) is 1. The summed E-state index contributed by atoms with van der Waals surface area (Å²) in [7, 11) is -3.87. The van der Waals surface area contributed by atoms with Gasteiger partial charge < -0.3 is 4.89 Å². The van der Waals surface area contributed by atoms with Gasteiger partial charge in [-0.05, 0) is 24.7 Å². The molecular weight excluding hydrogens is 275 g/mol. The lowest BCUT2D eigenvalue weighted by atomic mass is 10.0. The molecule has 0 bridgehead atoms. The predicted octanol–water partition coefficient (Wildman–Crippen LogP) is 5.16.